The molecule has 0 heterocycles. The normalized spacial score (nSPS) is 8.92. The highest BCUT2D eigenvalue weighted by atomic mass is 16.2. The number of hydrogen-bond acceptors (Lipinski definition) is 3. The molecule has 0 aliphatic carbocycles. The van der Waals surface area contributed by atoms with Gasteiger partial charge in [-0.25, -0.2) is 5.84 Å². The molecule has 0 fully saturated rings. The number of benzene rings is 1. The van der Waals surface area contributed by atoms with Crippen LogP contribution in [0.1, 0.15) is 11.1 Å². The number of hydrogen-bond donors (Lipinski definition) is 2. The molecule has 0 unspecified atom stereocenters. The van der Waals surface area contributed by atoms with Crippen LogP contribution in [0.4, 0.5) is 0 Å². The summed E-state index contributed by atoms with van der Waals surface area (Å²) in [5.74, 6) is 4.66. The summed E-state index contributed by atoms with van der Waals surface area (Å²) in [6.45, 7) is 0. The number of nitrogens with zero attached hydrogens (tertiary/aromatic N) is 1. The minimum Gasteiger partial charge on any atom is -0.294 e. The van der Waals surface area contributed by atoms with Crippen LogP contribution in [-0.2, 0) is 11.2 Å². The average Bonchev–Trinajstić information content (AvgIpc) is 2.18. The van der Waals surface area contributed by atoms with Gasteiger partial charge in [-0.3, -0.25) is 10.2 Å². The second-order valence-corrected chi connectivity index (χ2v) is 2.56. The first-order valence-electron chi connectivity index (χ1n) is 3.74. The minimum absolute atomic E-state index is 0.200. The smallest absolute Gasteiger partial charge is 0.238 e. The van der Waals surface area contributed by atoms with E-state index in [4.69, 9.17) is 11.1 Å². The molecule has 1 aromatic carbocycles. The van der Waals surface area contributed by atoms with E-state index in [0.717, 1.165) is 5.56 Å². The molecule has 0 saturated carbocycles. The molecule has 0 atom stereocenters. The van der Waals surface area contributed by atoms with E-state index in [0.29, 0.717) is 5.56 Å². The summed E-state index contributed by atoms with van der Waals surface area (Å²) in [7, 11) is 0. The van der Waals surface area contributed by atoms with Crippen LogP contribution < -0.4 is 11.3 Å². The number of carbonyl (C=O) groups excluding carboxylic acids is 1. The van der Waals surface area contributed by atoms with Crippen LogP contribution in [0.5, 0.6) is 0 Å². The van der Waals surface area contributed by atoms with Crippen molar-refractivity contribution < 1.29 is 4.79 Å². The molecular weight excluding hydrogens is 166 g/mol. The Kier molecular flexibility index (Phi) is 3.01. The van der Waals surface area contributed by atoms with Gasteiger partial charge in [0.25, 0.3) is 0 Å². The van der Waals surface area contributed by atoms with Crippen LogP contribution >= 0.6 is 0 Å². The van der Waals surface area contributed by atoms with Crippen LogP contribution in [0.15, 0.2) is 24.3 Å². The Morgan fingerprint density at radius 1 is 1.62 bits per heavy atom. The first-order valence-corrected chi connectivity index (χ1v) is 3.74. The van der Waals surface area contributed by atoms with E-state index in [9.17, 15) is 4.79 Å². The second kappa shape index (κ2) is 4.24. The minimum atomic E-state index is -0.268. The SMILES string of the molecule is N#Cc1cccc(CC(=O)NN)c1. The van der Waals surface area contributed by atoms with Gasteiger partial charge >= 0.3 is 0 Å². The predicted octanol–water partition coefficient (Wildman–Crippen LogP) is 0.0907. The van der Waals surface area contributed by atoms with E-state index in [1.807, 2.05) is 11.5 Å². The van der Waals surface area contributed by atoms with Crippen LogP contribution in [0, 0.1) is 11.3 Å². The first kappa shape index (κ1) is 9.23. The lowest BCUT2D eigenvalue weighted by Crippen LogP contribution is -2.31. The van der Waals surface area contributed by atoms with Crippen LogP contribution in [0.2, 0.25) is 0 Å². The first-order chi connectivity index (χ1) is 6.26. The summed E-state index contributed by atoms with van der Waals surface area (Å²) in [6.07, 6.45) is 0.200. The number of nitrogens with one attached hydrogen (secondary N) is 1. The van der Waals surface area contributed by atoms with Gasteiger partial charge in [0.2, 0.25) is 5.91 Å². The van der Waals surface area contributed by atoms with E-state index in [1.54, 1.807) is 24.3 Å². The van der Waals surface area contributed by atoms with Crippen molar-refractivity contribution in [3.8, 4) is 6.07 Å². The highest BCUT2D eigenvalue weighted by Gasteiger charge is 2.01. The molecule has 0 spiro atoms. The van der Waals surface area contributed by atoms with E-state index in [-0.39, 0.29) is 12.3 Å². The molecule has 1 rings (SSSR count). The molecule has 0 saturated heterocycles. The van der Waals surface area contributed by atoms with Crippen molar-refractivity contribution in [1.29, 1.82) is 5.26 Å². The van der Waals surface area contributed by atoms with Crippen molar-refractivity contribution in [2.45, 2.75) is 6.42 Å². The summed E-state index contributed by atoms with van der Waals surface area (Å²) in [6, 6.07) is 8.85. The molecule has 1 amide bonds. The van der Waals surface area contributed by atoms with E-state index in [1.165, 1.54) is 0 Å². The van der Waals surface area contributed by atoms with Crippen LogP contribution in [-0.4, -0.2) is 5.91 Å². The zero-order chi connectivity index (χ0) is 9.68. The van der Waals surface area contributed by atoms with Gasteiger partial charge in [0.05, 0.1) is 18.1 Å². The van der Waals surface area contributed by atoms with E-state index in [2.05, 4.69) is 0 Å². The molecule has 3 N–H and O–H groups in total. The molecule has 66 valence electrons. The molecule has 4 heteroatoms. The van der Waals surface area contributed by atoms with Gasteiger partial charge < -0.3 is 0 Å². The highest BCUT2D eigenvalue weighted by molar-refractivity contribution is 5.77. The lowest BCUT2D eigenvalue weighted by atomic mass is 10.1. The summed E-state index contributed by atoms with van der Waals surface area (Å²) in [5, 5.41) is 8.58. The van der Waals surface area contributed by atoms with Gasteiger partial charge in [-0.1, -0.05) is 12.1 Å². The average molecular weight is 175 g/mol. The fraction of sp³-hybridized carbons (Fsp3) is 0.111. The molecule has 0 aromatic heterocycles. The van der Waals surface area contributed by atoms with E-state index >= 15 is 0 Å². The van der Waals surface area contributed by atoms with Crippen molar-refractivity contribution in [3.63, 3.8) is 0 Å². The fourth-order valence-corrected chi connectivity index (χ4v) is 0.987. The van der Waals surface area contributed by atoms with Gasteiger partial charge in [-0.05, 0) is 17.7 Å². The summed E-state index contributed by atoms with van der Waals surface area (Å²) in [5.41, 5.74) is 3.35. The number of hydrazine groups is 1. The Balaban J connectivity index is 2.79. The van der Waals surface area contributed by atoms with Crippen molar-refractivity contribution in [2.75, 3.05) is 0 Å². The van der Waals surface area contributed by atoms with Crippen molar-refractivity contribution >= 4 is 5.91 Å². The maximum atomic E-state index is 10.9. The Labute approximate surface area is 75.9 Å². The molecule has 1 aromatic rings. The molecule has 13 heavy (non-hydrogen) atoms. The Morgan fingerprint density at radius 3 is 3.00 bits per heavy atom. The predicted molar refractivity (Wildman–Crippen MR) is 47.2 cm³/mol. The molecule has 0 bridgehead atoms. The summed E-state index contributed by atoms with van der Waals surface area (Å²) >= 11 is 0. The lowest BCUT2D eigenvalue weighted by Gasteiger charge is -1.99. The number of amides is 1. The highest BCUT2D eigenvalue weighted by Crippen LogP contribution is 2.04. The maximum Gasteiger partial charge on any atom is 0.238 e. The van der Waals surface area contributed by atoms with Gasteiger partial charge in [0.1, 0.15) is 0 Å². The van der Waals surface area contributed by atoms with Crippen molar-refractivity contribution in [3.05, 3.63) is 35.4 Å². The Bertz CT molecular complexity index is 354. The van der Waals surface area contributed by atoms with Crippen molar-refractivity contribution in [2.24, 2.45) is 5.84 Å². The largest absolute Gasteiger partial charge is 0.294 e. The van der Waals surface area contributed by atoms with Gasteiger partial charge in [-0.15, -0.1) is 0 Å². The third-order valence-electron chi connectivity index (χ3n) is 1.58. The van der Waals surface area contributed by atoms with Crippen molar-refractivity contribution in [1.82, 2.24) is 5.43 Å². The molecule has 0 aliphatic rings. The van der Waals surface area contributed by atoms with Gasteiger partial charge in [0, 0.05) is 0 Å². The maximum absolute atomic E-state index is 10.9. The van der Waals surface area contributed by atoms with Gasteiger partial charge in [0.15, 0.2) is 0 Å². The number of carbonyl (C=O) groups is 1. The number of nitriles is 1. The zero-order valence-corrected chi connectivity index (χ0v) is 6.95. The van der Waals surface area contributed by atoms with Crippen LogP contribution in [0.3, 0.4) is 0 Å². The van der Waals surface area contributed by atoms with E-state index < -0.39 is 0 Å². The molecule has 0 radical (unpaired) electrons. The molecular formula is C9H9N3O. The topological polar surface area (TPSA) is 78.9 Å². The second-order valence-electron chi connectivity index (χ2n) is 2.56. The lowest BCUT2D eigenvalue weighted by molar-refractivity contribution is -0.120. The summed E-state index contributed by atoms with van der Waals surface area (Å²) in [4.78, 5) is 10.9. The monoisotopic (exact) mass is 175 g/mol. The number of nitrogens with two attached hydrogens (primary N) is 1. The summed E-state index contributed by atoms with van der Waals surface area (Å²) < 4.78 is 0. The number of rotatable bonds is 2. The quantitative estimate of drug-likeness (QED) is 0.380. The molecule has 0 aliphatic heterocycles. The zero-order valence-electron chi connectivity index (χ0n) is 6.95. The van der Waals surface area contributed by atoms with Gasteiger partial charge in [-0.2, -0.15) is 5.26 Å². The third-order valence-corrected chi connectivity index (χ3v) is 1.58. The Hall–Kier alpha value is -1.86. The van der Waals surface area contributed by atoms with Crippen LogP contribution in [0.25, 0.3) is 0 Å². The molecule has 4 nitrogen and oxygen atoms in total. The Morgan fingerprint density at radius 2 is 2.38 bits per heavy atom. The third kappa shape index (κ3) is 2.58. The standard InChI is InChI=1S/C9H9N3O/c10-6-8-3-1-2-7(4-8)5-9(13)12-11/h1-4H,5,11H2,(H,12,13). The fourth-order valence-electron chi connectivity index (χ4n) is 0.987.